The normalized spacial score (nSPS) is 20.9. The second-order valence-corrected chi connectivity index (χ2v) is 9.46. The molecule has 3 aromatic carbocycles. The van der Waals surface area contributed by atoms with Gasteiger partial charge < -0.3 is 50.2 Å². The third kappa shape index (κ3) is 5.71. The average molecular weight is 542 g/mol. The molecule has 0 aliphatic carbocycles. The number of fused-ring (bicyclic) bond motifs is 1. The number of rotatable bonds is 7. The summed E-state index contributed by atoms with van der Waals surface area (Å²) >= 11 is 0. The van der Waals surface area contributed by atoms with Crippen molar-refractivity contribution >= 4 is 22.4 Å². The molecule has 0 saturated carbocycles. The van der Waals surface area contributed by atoms with E-state index in [-0.39, 0.29) is 45.9 Å². The molecular weight excluding hydrogens is 510 g/mol. The SMILES string of the molecule is COc1c(O[C@@H]2OC[C@@H](O)[C@H](O)C2O)ccc2c(O)c(NC(=O)c3ccc(O)c(CC=C(C)C)c3)c(O)cc12. The molecular formula is C28H31NO10. The first kappa shape index (κ1) is 28.0. The Morgan fingerprint density at radius 1 is 1.03 bits per heavy atom. The standard InChI is InChI=1S/C28H31NO10/c1-13(2)4-5-14-10-15(6-8-18(14)30)27(36)29-22-19(31)11-17-16(23(22)33)7-9-21(26(17)37-3)39-28-25(35)24(34)20(32)12-38-28/h4,6-11,20,24-25,28,30-35H,5,12H2,1-3H3,(H,29,36)/t20-,24+,25?,28+/m1/s1. The number of phenolic OH excluding ortho intramolecular Hbond substituents is 3. The Balaban J connectivity index is 1.64. The van der Waals surface area contributed by atoms with E-state index in [1.165, 1.54) is 43.5 Å². The van der Waals surface area contributed by atoms with Crippen LogP contribution in [0.3, 0.4) is 0 Å². The average Bonchev–Trinajstić information content (AvgIpc) is 2.90. The molecule has 1 unspecified atom stereocenters. The van der Waals surface area contributed by atoms with Gasteiger partial charge in [-0.05, 0) is 62.2 Å². The Bertz CT molecular complexity index is 1420. The summed E-state index contributed by atoms with van der Waals surface area (Å²) in [5, 5.41) is 64.5. The number of nitrogens with one attached hydrogen (secondary N) is 1. The Labute approximate surface area is 224 Å². The van der Waals surface area contributed by atoms with E-state index < -0.39 is 42.0 Å². The van der Waals surface area contributed by atoms with Crippen molar-refractivity contribution in [3.8, 4) is 28.7 Å². The van der Waals surface area contributed by atoms with E-state index in [2.05, 4.69) is 5.32 Å². The zero-order valence-electron chi connectivity index (χ0n) is 21.6. The Kier molecular flexibility index (Phi) is 8.17. The minimum absolute atomic E-state index is 0.0439. The van der Waals surface area contributed by atoms with Crippen molar-refractivity contribution in [3.05, 3.63) is 59.2 Å². The number of aliphatic hydroxyl groups excluding tert-OH is 3. The molecule has 0 radical (unpaired) electrons. The predicted octanol–water partition coefficient (Wildman–Crippen LogP) is 2.54. The number of carbonyl (C=O) groups is 1. The van der Waals surface area contributed by atoms with Gasteiger partial charge in [0.2, 0.25) is 6.29 Å². The number of methoxy groups -OCH3 is 1. The number of hydrogen-bond acceptors (Lipinski definition) is 10. The number of ether oxygens (including phenoxy) is 3. The lowest BCUT2D eigenvalue weighted by atomic mass is 10.0. The van der Waals surface area contributed by atoms with Gasteiger partial charge in [0, 0.05) is 16.3 Å². The van der Waals surface area contributed by atoms with Gasteiger partial charge in [0.15, 0.2) is 17.2 Å². The molecule has 11 nitrogen and oxygen atoms in total. The van der Waals surface area contributed by atoms with Crippen molar-refractivity contribution in [2.45, 2.75) is 44.9 Å². The smallest absolute Gasteiger partial charge is 0.255 e. The maximum atomic E-state index is 13.0. The molecule has 4 atom stereocenters. The van der Waals surface area contributed by atoms with Crippen LogP contribution in [-0.2, 0) is 11.2 Å². The van der Waals surface area contributed by atoms with Gasteiger partial charge in [-0.3, -0.25) is 4.79 Å². The van der Waals surface area contributed by atoms with Crippen LogP contribution in [0.15, 0.2) is 48.0 Å². The fourth-order valence-corrected chi connectivity index (χ4v) is 4.22. The molecule has 1 fully saturated rings. The summed E-state index contributed by atoms with van der Waals surface area (Å²) in [6.45, 7) is 3.58. The van der Waals surface area contributed by atoms with Crippen molar-refractivity contribution in [2.24, 2.45) is 0 Å². The van der Waals surface area contributed by atoms with Gasteiger partial charge in [-0.15, -0.1) is 0 Å². The lowest BCUT2D eigenvalue weighted by Gasteiger charge is -2.35. The van der Waals surface area contributed by atoms with Gasteiger partial charge >= 0.3 is 0 Å². The van der Waals surface area contributed by atoms with Crippen LogP contribution >= 0.6 is 0 Å². The fraction of sp³-hybridized carbons (Fsp3) is 0.321. The van der Waals surface area contributed by atoms with Gasteiger partial charge in [-0.2, -0.15) is 0 Å². The lowest BCUT2D eigenvalue weighted by Crippen LogP contribution is -2.54. The second kappa shape index (κ2) is 11.4. The molecule has 1 aliphatic rings. The molecule has 1 amide bonds. The maximum Gasteiger partial charge on any atom is 0.255 e. The molecule has 1 saturated heterocycles. The lowest BCUT2D eigenvalue weighted by molar-refractivity contribution is -0.242. The second-order valence-electron chi connectivity index (χ2n) is 9.46. The predicted molar refractivity (Wildman–Crippen MR) is 141 cm³/mol. The number of carbonyl (C=O) groups excluding carboxylic acids is 1. The van der Waals surface area contributed by atoms with Crippen LogP contribution in [0.5, 0.6) is 28.7 Å². The topological polar surface area (TPSA) is 178 Å². The van der Waals surface area contributed by atoms with E-state index in [0.717, 1.165) is 5.57 Å². The van der Waals surface area contributed by atoms with Gasteiger partial charge in [-0.25, -0.2) is 0 Å². The molecule has 39 heavy (non-hydrogen) atoms. The van der Waals surface area contributed by atoms with E-state index in [9.17, 15) is 35.4 Å². The number of amides is 1. The monoisotopic (exact) mass is 541 g/mol. The summed E-state index contributed by atoms with van der Waals surface area (Å²) < 4.78 is 16.4. The first-order chi connectivity index (χ1) is 18.5. The first-order valence-corrected chi connectivity index (χ1v) is 12.2. The highest BCUT2D eigenvalue weighted by molar-refractivity contribution is 6.09. The number of benzene rings is 3. The third-order valence-electron chi connectivity index (χ3n) is 6.40. The van der Waals surface area contributed by atoms with E-state index in [1.54, 1.807) is 0 Å². The van der Waals surface area contributed by atoms with Crippen LogP contribution < -0.4 is 14.8 Å². The van der Waals surface area contributed by atoms with E-state index in [1.807, 2.05) is 19.9 Å². The molecule has 3 aromatic rings. The number of aliphatic hydroxyl groups is 3. The van der Waals surface area contributed by atoms with Crippen LogP contribution in [0.1, 0.15) is 29.8 Å². The highest BCUT2D eigenvalue weighted by atomic mass is 16.7. The van der Waals surface area contributed by atoms with Gasteiger partial charge in [0.25, 0.3) is 5.91 Å². The number of hydrogen-bond donors (Lipinski definition) is 7. The molecule has 0 aromatic heterocycles. The third-order valence-corrected chi connectivity index (χ3v) is 6.40. The van der Waals surface area contributed by atoms with Crippen molar-refractivity contribution in [2.75, 3.05) is 19.0 Å². The van der Waals surface area contributed by atoms with Gasteiger partial charge in [-0.1, -0.05) is 11.6 Å². The van der Waals surface area contributed by atoms with Crippen LogP contribution in [0.2, 0.25) is 0 Å². The molecule has 1 heterocycles. The molecule has 0 bridgehead atoms. The molecule has 0 spiro atoms. The summed E-state index contributed by atoms with van der Waals surface area (Å²) in [4.78, 5) is 13.0. The quantitative estimate of drug-likeness (QED) is 0.174. The van der Waals surface area contributed by atoms with Crippen LogP contribution in [-0.4, -0.2) is 74.9 Å². The minimum atomic E-state index is -1.55. The van der Waals surface area contributed by atoms with Crippen molar-refractivity contribution in [1.82, 2.24) is 0 Å². The molecule has 1 aliphatic heterocycles. The Morgan fingerprint density at radius 2 is 1.77 bits per heavy atom. The number of allylic oxidation sites excluding steroid dienone is 2. The maximum absolute atomic E-state index is 13.0. The van der Waals surface area contributed by atoms with Crippen LogP contribution in [0, 0.1) is 0 Å². The zero-order chi connectivity index (χ0) is 28.4. The van der Waals surface area contributed by atoms with Gasteiger partial charge in [0.05, 0.1) is 13.7 Å². The van der Waals surface area contributed by atoms with E-state index in [4.69, 9.17) is 14.2 Å². The minimum Gasteiger partial charge on any atom is -0.508 e. The first-order valence-electron chi connectivity index (χ1n) is 12.2. The molecule has 7 N–H and O–H groups in total. The summed E-state index contributed by atoms with van der Waals surface area (Å²) in [7, 11) is 1.33. The summed E-state index contributed by atoms with van der Waals surface area (Å²) in [5.41, 5.74) is 1.58. The number of phenols is 3. The van der Waals surface area contributed by atoms with Gasteiger partial charge in [0.1, 0.15) is 35.5 Å². The fourth-order valence-electron chi connectivity index (χ4n) is 4.22. The molecule has 208 valence electrons. The van der Waals surface area contributed by atoms with E-state index in [0.29, 0.717) is 12.0 Å². The van der Waals surface area contributed by atoms with Crippen LogP contribution in [0.4, 0.5) is 5.69 Å². The van der Waals surface area contributed by atoms with Crippen molar-refractivity contribution in [3.63, 3.8) is 0 Å². The number of anilines is 1. The molecule has 11 heteroatoms. The van der Waals surface area contributed by atoms with Crippen LogP contribution in [0.25, 0.3) is 10.8 Å². The Morgan fingerprint density at radius 3 is 2.46 bits per heavy atom. The highest BCUT2D eigenvalue weighted by Crippen LogP contribution is 2.46. The van der Waals surface area contributed by atoms with Crippen molar-refractivity contribution < 1.29 is 49.6 Å². The summed E-state index contributed by atoms with van der Waals surface area (Å²) in [5.74, 6) is -1.31. The molecule has 4 rings (SSSR count). The highest BCUT2D eigenvalue weighted by Gasteiger charge is 2.39. The van der Waals surface area contributed by atoms with Crippen molar-refractivity contribution in [1.29, 1.82) is 0 Å². The largest absolute Gasteiger partial charge is 0.508 e. The Hall–Kier alpha value is -4.03. The summed E-state index contributed by atoms with van der Waals surface area (Å²) in [6.07, 6.45) is -3.28. The van der Waals surface area contributed by atoms with E-state index >= 15 is 0 Å². The number of aromatic hydroxyl groups is 3. The summed E-state index contributed by atoms with van der Waals surface area (Å²) in [6, 6.07) is 8.51. The zero-order valence-corrected chi connectivity index (χ0v) is 21.6.